The molecule has 102 valence electrons. The van der Waals surface area contributed by atoms with Crippen molar-refractivity contribution in [3.63, 3.8) is 0 Å². The van der Waals surface area contributed by atoms with Crippen molar-refractivity contribution in [1.82, 2.24) is 9.36 Å². The van der Waals surface area contributed by atoms with Gasteiger partial charge in [-0.1, -0.05) is 37.6 Å². The van der Waals surface area contributed by atoms with Gasteiger partial charge in [0.2, 0.25) is 0 Å². The fourth-order valence-corrected chi connectivity index (χ4v) is 2.38. The molecular weight excluding hydrogens is 238 g/mol. The number of nitrogens with two attached hydrogens (primary N) is 1. The molecule has 0 amide bonds. The number of rotatable bonds is 4. The van der Waals surface area contributed by atoms with Crippen molar-refractivity contribution >= 4 is 5.69 Å². The third kappa shape index (κ3) is 2.43. The van der Waals surface area contributed by atoms with E-state index in [4.69, 9.17) is 5.73 Å². The van der Waals surface area contributed by atoms with Crippen LogP contribution in [0.1, 0.15) is 30.2 Å². The summed E-state index contributed by atoms with van der Waals surface area (Å²) < 4.78 is 3.61. The van der Waals surface area contributed by atoms with Crippen LogP contribution in [0.4, 0.5) is 5.69 Å². The van der Waals surface area contributed by atoms with Gasteiger partial charge in [-0.15, -0.1) is 0 Å². The Morgan fingerprint density at radius 1 is 1.26 bits per heavy atom. The van der Waals surface area contributed by atoms with E-state index in [0.717, 1.165) is 24.1 Å². The van der Waals surface area contributed by atoms with E-state index in [1.54, 1.807) is 4.68 Å². The Balaban J connectivity index is 2.44. The lowest BCUT2D eigenvalue weighted by Gasteiger charge is -2.11. The SMILES string of the molecule is CCCc1c(N)c(=O)n(Cc2ccccc2C)n1C. The van der Waals surface area contributed by atoms with Gasteiger partial charge in [0.1, 0.15) is 5.69 Å². The molecule has 2 N–H and O–H groups in total. The minimum absolute atomic E-state index is 0.0887. The third-order valence-corrected chi connectivity index (χ3v) is 3.60. The average Bonchev–Trinajstić information content (AvgIpc) is 2.59. The van der Waals surface area contributed by atoms with Crippen LogP contribution in [0.5, 0.6) is 0 Å². The second-order valence-electron chi connectivity index (χ2n) is 4.92. The highest BCUT2D eigenvalue weighted by molar-refractivity contribution is 5.42. The van der Waals surface area contributed by atoms with E-state index in [1.165, 1.54) is 5.56 Å². The Bertz CT molecular complexity index is 637. The van der Waals surface area contributed by atoms with Gasteiger partial charge in [-0.05, 0) is 24.5 Å². The van der Waals surface area contributed by atoms with Gasteiger partial charge in [-0.2, -0.15) is 0 Å². The van der Waals surface area contributed by atoms with Crippen LogP contribution in [0, 0.1) is 6.92 Å². The molecule has 0 aliphatic carbocycles. The summed E-state index contributed by atoms with van der Waals surface area (Å²) in [6.45, 7) is 4.71. The summed E-state index contributed by atoms with van der Waals surface area (Å²) in [6.07, 6.45) is 1.81. The zero-order valence-electron chi connectivity index (χ0n) is 11.8. The van der Waals surface area contributed by atoms with E-state index in [1.807, 2.05) is 29.9 Å². The average molecular weight is 259 g/mol. The highest BCUT2D eigenvalue weighted by Gasteiger charge is 2.14. The summed E-state index contributed by atoms with van der Waals surface area (Å²) in [5, 5.41) is 0. The molecule has 19 heavy (non-hydrogen) atoms. The van der Waals surface area contributed by atoms with E-state index in [-0.39, 0.29) is 5.56 Å². The molecule has 0 saturated heterocycles. The number of nitrogens with zero attached hydrogens (tertiary/aromatic N) is 2. The lowest BCUT2D eigenvalue weighted by molar-refractivity contribution is 0.515. The van der Waals surface area contributed by atoms with Gasteiger partial charge in [0, 0.05) is 7.05 Å². The zero-order chi connectivity index (χ0) is 14.0. The monoisotopic (exact) mass is 259 g/mol. The van der Waals surface area contributed by atoms with Crippen LogP contribution >= 0.6 is 0 Å². The van der Waals surface area contributed by atoms with Crippen molar-refractivity contribution in [3.8, 4) is 0 Å². The third-order valence-electron chi connectivity index (χ3n) is 3.60. The van der Waals surface area contributed by atoms with Crippen LogP contribution in [0.3, 0.4) is 0 Å². The number of hydrogen-bond acceptors (Lipinski definition) is 2. The molecule has 0 unspecified atom stereocenters. The van der Waals surface area contributed by atoms with Crippen molar-refractivity contribution in [2.24, 2.45) is 7.05 Å². The first-order chi connectivity index (χ1) is 9.06. The Morgan fingerprint density at radius 2 is 1.95 bits per heavy atom. The highest BCUT2D eigenvalue weighted by Crippen LogP contribution is 2.13. The van der Waals surface area contributed by atoms with Crippen molar-refractivity contribution in [1.29, 1.82) is 0 Å². The lowest BCUT2D eigenvalue weighted by Crippen LogP contribution is -2.23. The quantitative estimate of drug-likeness (QED) is 0.914. The smallest absolute Gasteiger partial charge is 0.290 e. The summed E-state index contributed by atoms with van der Waals surface area (Å²) >= 11 is 0. The van der Waals surface area contributed by atoms with Crippen molar-refractivity contribution < 1.29 is 0 Å². The molecule has 0 atom stereocenters. The van der Waals surface area contributed by atoms with Gasteiger partial charge in [-0.3, -0.25) is 9.48 Å². The second kappa shape index (κ2) is 5.34. The largest absolute Gasteiger partial charge is 0.393 e. The van der Waals surface area contributed by atoms with Crippen LogP contribution in [0.15, 0.2) is 29.1 Å². The van der Waals surface area contributed by atoms with Crippen molar-refractivity contribution in [2.75, 3.05) is 5.73 Å². The van der Waals surface area contributed by atoms with Crippen LogP contribution in [0.2, 0.25) is 0 Å². The molecule has 0 fully saturated rings. The molecule has 1 aromatic carbocycles. The second-order valence-corrected chi connectivity index (χ2v) is 4.92. The Labute approximate surface area is 113 Å². The molecule has 4 nitrogen and oxygen atoms in total. The highest BCUT2D eigenvalue weighted by atomic mass is 16.1. The fourth-order valence-electron chi connectivity index (χ4n) is 2.38. The van der Waals surface area contributed by atoms with Gasteiger partial charge in [0.05, 0.1) is 12.2 Å². The summed E-state index contributed by atoms with van der Waals surface area (Å²) in [4.78, 5) is 12.2. The maximum Gasteiger partial charge on any atom is 0.290 e. The molecular formula is C15H21N3O. The summed E-state index contributed by atoms with van der Waals surface area (Å²) in [5.74, 6) is 0. The Hall–Kier alpha value is -1.97. The summed E-state index contributed by atoms with van der Waals surface area (Å²) in [7, 11) is 1.90. The number of anilines is 1. The minimum Gasteiger partial charge on any atom is -0.393 e. The predicted octanol–water partition coefficient (Wildman–Crippen LogP) is 2.08. The lowest BCUT2D eigenvalue weighted by atomic mass is 10.1. The molecule has 1 aromatic heterocycles. The molecule has 2 rings (SSSR count). The molecule has 0 radical (unpaired) electrons. The van der Waals surface area contributed by atoms with E-state index in [9.17, 15) is 4.79 Å². The van der Waals surface area contributed by atoms with Crippen molar-refractivity contribution in [2.45, 2.75) is 33.2 Å². The minimum atomic E-state index is -0.0887. The topological polar surface area (TPSA) is 53.0 Å². The van der Waals surface area contributed by atoms with Gasteiger partial charge in [0.15, 0.2) is 0 Å². The molecule has 2 aromatic rings. The van der Waals surface area contributed by atoms with E-state index >= 15 is 0 Å². The van der Waals surface area contributed by atoms with E-state index in [2.05, 4.69) is 19.9 Å². The summed E-state index contributed by atoms with van der Waals surface area (Å²) in [6, 6.07) is 8.10. The predicted molar refractivity (Wildman–Crippen MR) is 78.4 cm³/mol. The first-order valence-electron chi connectivity index (χ1n) is 6.65. The fraction of sp³-hybridized carbons (Fsp3) is 0.400. The summed E-state index contributed by atoms with van der Waals surface area (Å²) in [5.41, 5.74) is 9.49. The van der Waals surface area contributed by atoms with Crippen molar-refractivity contribution in [3.05, 3.63) is 51.4 Å². The first-order valence-corrected chi connectivity index (χ1v) is 6.65. The van der Waals surface area contributed by atoms with Crippen LogP contribution in [-0.2, 0) is 20.0 Å². The van der Waals surface area contributed by atoms with Gasteiger partial charge in [0.25, 0.3) is 5.56 Å². The van der Waals surface area contributed by atoms with Crippen LogP contribution in [0.25, 0.3) is 0 Å². The Morgan fingerprint density at radius 3 is 2.58 bits per heavy atom. The Kier molecular flexibility index (Phi) is 3.79. The first kappa shape index (κ1) is 13.5. The maximum absolute atomic E-state index is 12.2. The number of aryl methyl sites for hydroxylation is 1. The molecule has 1 heterocycles. The molecule has 4 heteroatoms. The van der Waals surface area contributed by atoms with Gasteiger partial charge in [-0.25, -0.2) is 4.68 Å². The molecule has 0 bridgehead atoms. The standard InChI is InChI=1S/C15H21N3O/c1-4-7-13-14(16)15(19)18(17(13)3)10-12-9-6-5-8-11(12)2/h5-6,8-9H,4,7,10,16H2,1-3H3. The van der Waals surface area contributed by atoms with Crippen LogP contribution < -0.4 is 11.3 Å². The van der Waals surface area contributed by atoms with Crippen LogP contribution in [-0.4, -0.2) is 9.36 Å². The van der Waals surface area contributed by atoms with E-state index in [0.29, 0.717) is 12.2 Å². The van der Waals surface area contributed by atoms with E-state index < -0.39 is 0 Å². The number of aromatic nitrogens is 2. The molecule has 0 aliphatic rings. The zero-order valence-corrected chi connectivity index (χ0v) is 11.8. The number of benzene rings is 1. The normalized spacial score (nSPS) is 10.9. The molecule has 0 aliphatic heterocycles. The number of hydrogen-bond donors (Lipinski definition) is 1. The molecule has 0 spiro atoms. The molecule has 0 saturated carbocycles. The maximum atomic E-state index is 12.2. The van der Waals surface area contributed by atoms with Gasteiger partial charge >= 0.3 is 0 Å². The number of nitrogen functional groups attached to an aromatic ring is 1. The van der Waals surface area contributed by atoms with Gasteiger partial charge < -0.3 is 5.73 Å².